The molecule has 5 rings (SSSR count). The number of rotatable bonds is 6. The Labute approximate surface area is 211 Å². The summed E-state index contributed by atoms with van der Waals surface area (Å²) in [5, 5.41) is 0. The van der Waals surface area contributed by atoms with Crippen LogP contribution >= 0.6 is 0 Å². The van der Waals surface area contributed by atoms with Crippen molar-refractivity contribution >= 4 is 40.8 Å². The van der Waals surface area contributed by atoms with Gasteiger partial charge in [0.2, 0.25) is 0 Å². The van der Waals surface area contributed by atoms with Gasteiger partial charge in [0.05, 0.1) is 5.69 Å². The number of carbonyl (C=O) groups excluding carboxylic acids is 1. The lowest BCUT2D eigenvalue weighted by molar-refractivity contribution is -0.122. The van der Waals surface area contributed by atoms with Crippen LogP contribution in [0.25, 0.3) is 6.08 Å². The Morgan fingerprint density at radius 2 is 1.33 bits per heavy atom. The van der Waals surface area contributed by atoms with Gasteiger partial charge in [0.1, 0.15) is 0 Å². The van der Waals surface area contributed by atoms with E-state index >= 15 is 0 Å². The molecule has 1 aliphatic rings. The van der Waals surface area contributed by atoms with Crippen molar-refractivity contribution in [3.8, 4) is 0 Å². The predicted molar refractivity (Wildman–Crippen MR) is 146 cm³/mol. The van der Waals surface area contributed by atoms with Gasteiger partial charge in [0.15, 0.2) is 5.76 Å². The number of anilines is 3. The largest absolute Gasteiger partial charge is 0.419 e. The van der Waals surface area contributed by atoms with E-state index in [0.29, 0.717) is 12.6 Å². The molecular formula is C31H27N3O2. The average Bonchev–Trinajstić information content (AvgIpc) is 3.21. The van der Waals surface area contributed by atoms with E-state index in [1.54, 1.807) is 11.0 Å². The molecule has 178 valence electrons. The topological polar surface area (TPSA) is 45.1 Å². The molecule has 0 spiro atoms. The first-order valence-electron chi connectivity index (χ1n) is 12.0. The van der Waals surface area contributed by atoms with Crippen molar-refractivity contribution in [2.24, 2.45) is 4.99 Å². The highest BCUT2D eigenvalue weighted by Gasteiger charge is 2.33. The summed E-state index contributed by atoms with van der Waals surface area (Å²) >= 11 is 0. The van der Waals surface area contributed by atoms with E-state index in [4.69, 9.17) is 4.74 Å². The van der Waals surface area contributed by atoms with Crippen LogP contribution < -0.4 is 4.90 Å². The summed E-state index contributed by atoms with van der Waals surface area (Å²) in [6.07, 6.45) is 1.77. The minimum Gasteiger partial charge on any atom is -0.419 e. The van der Waals surface area contributed by atoms with Crippen LogP contribution in [0.2, 0.25) is 0 Å². The highest BCUT2D eigenvalue weighted by atomic mass is 16.5. The van der Waals surface area contributed by atoms with Crippen molar-refractivity contribution in [3.63, 3.8) is 0 Å². The molecule has 1 amide bonds. The molecule has 0 unspecified atom stereocenters. The quantitative estimate of drug-likeness (QED) is 0.275. The number of hydrogen-bond acceptors (Lipinski definition) is 4. The Balaban J connectivity index is 1.44. The maximum atomic E-state index is 13.0. The van der Waals surface area contributed by atoms with Crippen molar-refractivity contribution in [1.29, 1.82) is 0 Å². The van der Waals surface area contributed by atoms with Crippen LogP contribution in [-0.4, -0.2) is 23.4 Å². The van der Waals surface area contributed by atoms with Gasteiger partial charge in [0, 0.05) is 23.6 Å². The van der Waals surface area contributed by atoms with Gasteiger partial charge in [-0.3, -0.25) is 9.69 Å². The molecule has 0 aliphatic carbocycles. The number of carbonyl (C=O) groups is 1. The summed E-state index contributed by atoms with van der Waals surface area (Å²) in [5.74, 6) is 0.0732. The van der Waals surface area contributed by atoms with Gasteiger partial charge in [-0.1, -0.05) is 66.7 Å². The zero-order chi connectivity index (χ0) is 24.9. The van der Waals surface area contributed by atoms with Gasteiger partial charge < -0.3 is 9.64 Å². The van der Waals surface area contributed by atoms with E-state index in [1.807, 2.05) is 98.8 Å². The first-order chi connectivity index (χ1) is 17.6. The summed E-state index contributed by atoms with van der Waals surface area (Å²) < 4.78 is 5.93. The standard InChI is InChI=1S/C31H27N3O2/c1-3-33-30(35)29(36-31(33)32-28-17-11-10-12-23(28)2)22-24-18-20-27(21-19-24)34(25-13-6-4-7-14-25)26-15-8-5-9-16-26/h4-22H,3H2,1-2H3/b29-22+,32-31?. The third kappa shape index (κ3) is 4.77. The highest BCUT2D eigenvalue weighted by Crippen LogP contribution is 2.34. The Morgan fingerprint density at radius 1 is 0.778 bits per heavy atom. The normalized spacial score (nSPS) is 15.4. The molecule has 4 aromatic rings. The summed E-state index contributed by atoms with van der Waals surface area (Å²) in [6.45, 7) is 4.37. The Hall–Kier alpha value is -4.64. The molecule has 36 heavy (non-hydrogen) atoms. The molecule has 0 atom stereocenters. The predicted octanol–water partition coefficient (Wildman–Crippen LogP) is 7.37. The lowest BCUT2D eigenvalue weighted by Gasteiger charge is -2.25. The van der Waals surface area contributed by atoms with Crippen LogP contribution in [0.1, 0.15) is 18.1 Å². The van der Waals surface area contributed by atoms with Gasteiger partial charge in [-0.2, -0.15) is 4.99 Å². The van der Waals surface area contributed by atoms with E-state index in [9.17, 15) is 4.79 Å². The second kappa shape index (κ2) is 10.3. The van der Waals surface area contributed by atoms with E-state index in [-0.39, 0.29) is 11.7 Å². The lowest BCUT2D eigenvalue weighted by atomic mass is 10.1. The molecule has 5 heteroatoms. The number of likely N-dealkylation sites (N-methyl/N-ethyl adjacent to an activating group) is 1. The third-order valence-electron chi connectivity index (χ3n) is 6.01. The Morgan fingerprint density at radius 3 is 1.92 bits per heavy atom. The van der Waals surface area contributed by atoms with Crippen molar-refractivity contribution in [3.05, 3.63) is 126 Å². The van der Waals surface area contributed by atoms with Gasteiger partial charge >= 0.3 is 6.02 Å². The first-order valence-corrected chi connectivity index (χ1v) is 12.0. The zero-order valence-electron chi connectivity index (χ0n) is 20.3. The van der Waals surface area contributed by atoms with Crippen LogP contribution in [0.3, 0.4) is 0 Å². The molecule has 5 nitrogen and oxygen atoms in total. The number of amides is 1. The Kier molecular flexibility index (Phi) is 6.63. The summed E-state index contributed by atoms with van der Waals surface area (Å²) in [5.41, 5.74) is 5.83. The summed E-state index contributed by atoms with van der Waals surface area (Å²) in [6, 6.07) is 36.6. The van der Waals surface area contributed by atoms with Gasteiger partial charge in [-0.15, -0.1) is 0 Å². The minimum atomic E-state index is -0.191. The van der Waals surface area contributed by atoms with Crippen molar-refractivity contribution in [2.45, 2.75) is 13.8 Å². The van der Waals surface area contributed by atoms with Crippen molar-refractivity contribution < 1.29 is 9.53 Å². The van der Waals surface area contributed by atoms with Gasteiger partial charge in [-0.05, 0) is 73.5 Å². The maximum Gasteiger partial charge on any atom is 0.305 e. The summed E-state index contributed by atoms with van der Waals surface area (Å²) in [4.78, 5) is 21.4. The van der Waals surface area contributed by atoms with Crippen LogP contribution in [-0.2, 0) is 9.53 Å². The van der Waals surface area contributed by atoms with Crippen molar-refractivity contribution in [2.75, 3.05) is 11.4 Å². The molecule has 0 N–H and O–H groups in total. The molecule has 0 saturated carbocycles. The van der Waals surface area contributed by atoms with Gasteiger partial charge in [-0.25, -0.2) is 0 Å². The number of hydrogen-bond donors (Lipinski definition) is 0. The molecule has 0 bridgehead atoms. The number of aryl methyl sites for hydroxylation is 1. The van der Waals surface area contributed by atoms with Crippen molar-refractivity contribution in [1.82, 2.24) is 4.90 Å². The second-order valence-electron chi connectivity index (χ2n) is 8.44. The first kappa shape index (κ1) is 23.1. The van der Waals surface area contributed by atoms with Crippen LogP contribution in [0.5, 0.6) is 0 Å². The monoisotopic (exact) mass is 473 g/mol. The van der Waals surface area contributed by atoms with Crippen LogP contribution in [0.4, 0.5) is 22.7 Å². The van der Waals surface area contributed by atoms with Gasteiger partial charge in [0.25, 0.3) is 5.91 Å². The molecule has 1 heterocycles. The number of benzene rings is 4. The molecule has 1 aliphatic heterocycles. The molecule has 1 saturated heterocycles. The van der Waals surface area contributed by atoms with E-state index < -0.39 is 0 Å². The molecule has 0 radical (unpaired) electrons. The van der Waals surface area contributed by atoms with E-state index in [0.717, 1.165) is 33.9 Å². The molecule has 1 fully saturated rings. The number of nitrogens with zero attached hydrogens (tertiary/aromatic N) is 3. The number of ether oxygens (including phenoxy) is 1. The average molecular weight is 474 g/mol. The second-order valence-corrected chi connectivity index (χ2v) is 8.44. The van der Waals surface area contributed by atoms with Crippen LogP contribution in [0, 0.1) is 6.92 Å². The fraction of sp³-hybridized carbons (Fsp3) is 0.0968. The molecule has 0 aromatic heterocycles. The molecule has 4 aromatic carbocycles. The van der Waals surface area contributed by atoms with E-state index in [2.05, 4.69) is 34.2 Å². The molecular weight excluding hydrogens is 446 g/mol. The maximum absolute atomic E-state index is 13.0. The Bertz CT molecular complexity index is 1370. The number of amidine groups is 1. The van der Waals surface area contributed by atoms with Crippen LogP contribution in [0.15, 0.2) is 120 Å². The SMILES string of the molecule is CCN1C(=O)/C(=C\c2ccc(N(c3ccccc3)c3ccccc3)cc2)OC1=Nc1ccccc1C. The van der Waals surface area contributed by atoms with E-state index in [1.165, 1.54) is 0 Å². The third-order valence-corrected chi connectivity index (χ3v) is 6.01. The zero-order valence-corrected chi connectivity index (χ0v) is 20.3. The fourth-order valence-electron chi connectivity index (χ4n) is 4.13. The fourth-order valence-corrected chi connectivity index (χ4v) is 4.13. The minimum absolute atomic E-state index is 0.191. The smallest absolute Gasteiger partial charge is 0.305 e. The number of para-hydroxylation sites is 3. The summed E-state index contributed by atoms with van der Waals surface area (Å²) in [7, 11) is 0. The number of aliphatic imine (C=N–C) groups is 1. The highest BCUT2D eigenvalue weighted by molar-refractivity contribution is 6.11. The lowest BCUT2D eigenvalue weighted by Crippen LogP contribution is -2.29.